The molecule has 2 rings (SSSR count). The van der Waals surface area contributed by atoms with E-state index in [9.17, 15) is 4.79 Å². The van der Waals surface area contributed by atoms with Crippen molar-refractivity contribution in [2.24, 2.45) is 0 Å². The van der Waals surface area contributed by atoms with Crippen molar-refractivity contribution in [3.05, 3.63) is 56.7 Å². The third-order valence-corrected chi connectivity index (χ3v) is 3.85. The molecular formula is C12H9Br2NO2. The van der Waals surface area contributed by atoms with Crippen molar-refractivity contribution in [2.45, 2.75) is 6.54 Å². The van der Waals surface area contributed by atoms with E-state index in [2.05, 4.69) is 31.9 Å². The molecule has 1 aromatic heterocycles. The quantitative estimate of drug-likeness (QED) is 0.907. The van der Waals surface area contributed by atoms with Crippen LogP contribution >= 0.6 is 31.9 Å². The minimum Gasteiger partial charge on any atom is -0.478 e. The van der Waals surface area contributed by atoms with Crippen LogP contribution in [0.4, 0.5) is 0 Å². The maximum absolute atomic E-state index is 10.8. The normalized spacial score (nSPS) is 10.5. The fourth-order valence-electron chi connectivity index (χ4n) is 1.53. The number of aromatic carboxylic acids is 1. The Morgan fingerprint density at radius 3 is 2.59 bits per heavy atom. The summed E-state index contributed by atoms with van der Waals surface area (Å²) in [7, 11) is 0. The van der Waals surface area contributed by atoms with Crippen LogP contribution in [0.1, 0.15) is 15.9 Å². The molecule has 2 aromatic rings. The number of carboxylic acid groups (broad SMARTS) is 1. The summed E-state index contributed by atoms with van der Waals surface area (Å²) in [5.74, 6) is -0.920. The molecule has 0 fully saturated rings. The summed E-state index contributed by atoms with van der Waals surface area (Å²) in [4.78, 5) is 10.8. The first kappa shape index (κ1) is 12.4. The van der Waals surface area contributed by atoms with Gasteiger partial charge >= 0.3 is 5.97 Å². The number of halogens is 2. The van der Waals surface area contributed by atoms with Gasteiger partial charge in [-0.3, -0.25) is 0 Å². The standard InChI is InChI=1S/C12H9Br2NO2/c13-10-4-2-1-3-8(10)6-15-7-9(12(16)17)5-11(15)14/h1-5,7H,6H2,(H,16,17). The lowest BCUT2D eigenvalue weighted by Gasteiger charge is -2.06. The van der Waals surface area contributed by atoms with Crippen LogP contribution in [0.3, 0.4) is 0 Å². The van der Waals surface area contributed by atoms with Crippen LogP contribution in [-0.2, 0) is 6.54 Å². The Morgan fingerprint density at radius 1 is 1.29 bits per heavy atom. The molecule has 1 heterocycles. The van der Waals surface area contributed by atoms with Crippen molar-refractivity contribution in [1.29, 1.82) is 0 Å². The summed E-state index contributed by atoms with van der Waals surface area (Å²) in [5, 5.41) is 8.90. The van der Waals surface area contributed by atoms with E-state index in [0.29, 0.717) is 6.54 Å². The molecule has 0 aliphatic heterocycles. The van der Waals surface area contributed by atoms with Gasteiger partial charge in [-0.15, -0.1) is 0 Å². The first-order valence-corrected chi connectivity index (χ1v) is 6.49. The van der Waals surface area contributed by atoms with Crippen molar-refractivity contribution < 1.29 is 9.90 Å². The molecule has 0 bridgehead atoms. The van der Waals surface area contributed by atoms with Gasteiger partial charge in [-0.2, -0.15) is 0 Å². The number of hydrogen-bond donors (Lipinski definition) is 1. The van der Waals surface area contributed by atoms with Gasteiger partial charge in [-0.05, 0) is 33.6 Å². The molecule has 0 aliphatic rings. The van der Waals surface area contributed by atoms with E-state index in [4.69, 9.17) is 5.11 Å². The fraction of sp³-hybridized carbons (Fsp3) is 0.0833. The lowest BCUT2D eigenvalue weighted by atomic mass is 10.2. The van der Waals surface area contributed by atoms with Crippen molar-refractivity contribution in [3.8, 4) is 0 Å². The topological polar surface area (TPSA) is 42.2 Å². The number of aromatic nitrogens is 1. The number of carbonyl (C=O) groups is 1. The molecule has 0 saturated heterocycles. The van der Waals surface area contributed by atoms with E-state index < -0.39 is 5.97 Å². The van der Waals surface area contributed by atoms with Crippen LogP contribution in [0.2, 0.25) is 0 Å². The summed E-state index contributed by atoms with van der Waals surface area (Å²) < 4.78 is 3.62. The zero-order valence-corrected chi connectivity index (χ0v) is 11.9. The largest absolute Gasteiger partial charge is 0.478 e. The first-order chi connectivity index (χ1) is 8.08. The Morgan fingerprint density at radius 2 is 2.00 bits per heavy atom. The average Bonchev–Trinajstić information content (AvgIpc) is 2.64. The number of nitrogens with zero attached hydrogens (tertiary/aromatic N) is 1. The first-order valence-electron chi connectivity index (χ1n) is 4.90. The molecule has 0 unspecified atom stereocenters. The maximum atomic E-state index is 10.8. The summed E-state index contributed by atoms with van der Waals surface area (Å²) >= 11 is 6.82. The number of benzene rings is 1. The van der Waals surface area contributed by atoms with Crippen molar-refractivity contribution in [1.82, 2.24) is 4.57 Å². The second kappa shape index (κ2) is 5.06. The molecule has 0 spiro atoms. The van der Waals surface area contributed by atoms with E-state index in [-0.39, 0.29) is 5.56 Å². The van der Waals surface area contributed by atoms with E-state index in [1.54, 1.807) is 12.3 Å². The number of carboxylic acids is 1. The molecule has 0 amide bonds. The molecule has 1 N–H and O–H groups in total. The number of rotatable bonds is 3. The second-order valence-corrected chi connectivity index (χ2v) is 5.24. The highest BCUT2D eigenvalue weighted by molar-refractivity contribution is 9.10. The summed E-state index contributed by atoms with van der Waals surface area (Å²) in [6.07, 6.45) is 1.62. The summed E-state index contributed by atoms with van der Waals surface area (Å²) in [6.45, 7) is 0.620. The van der Waals surface area contributed by atoms with Crippen LogP contribution in [0.25, 0.3) is 0 Å². The molecule has 5 heteroatoms. The zero-order chi connectivity index (χ0) is 12.4. The third-order valence-electron chi connectivity index (χ3n) is 2.39. The zero-order valence-electron chi connectivity index (χ0n) is 8.73. The Kier molecular flexibility index (Phi) is 3.69. The molecule has 3 nitrogen and oxygen atoms in total. The predicted molar refractivity (Wildman–Crippen MR) is 72.3 cm³/mol. The minimum atomic E-state index is -0.920. The van der Waals surface area contributed by atoms with Gasteiger partial charge in [0.2, 0.25) is 0 Å². The van der Waals surface area contributed by atoms with Gasteiger partial charge in [-0.1, -0.05) is 34.1 Å². The van der Waals surface area contributed by atoms with E-state index in [1.165, 1.54) is 0 Å². The molecule has 0 atom stereocenters. The maximum Gasteiger partial charge on any atom is 0.337 e. The SMILES string of the molecule is O=C(O)c1cc(Br)n(Cc2ccccc2Br)c1. The monoisotopic (exact) mass is 357 g/mol. The minimum absolute atomic E-state index is 0.281. The van der Waals surface area contributed by atoms with Crippen LogP contribution < -0.4 is 0 Å². The van der Waals surface area contributed by atoms with Gasteiger partial charge in [-0.25, -0.2) is 4.79 Å². The Balaban J connectivity index is 2.30. The molecule has 1 aromatic carbocycles. The van der Waals surface area contributed by atoms with Crippen molar-refractivity contribution in [3.63, 3.8) is 0 Å². The highest BCUT2D eigenvalue weighted by Crippen LogP contribution is 2.21. The molecule has 88 valence electrons. The smallest absolute Gasteiger partial charge is 0.337 e. The summed E-state index contributed by atoms with van der Waals surface area (Å²) in [6, 6.07) is 9.46. The summed E-state index contributed by atoms with van der Waals surface area (Å²) in [5.41, 5.74) is 1.38. The fourth-order valence-corrected chi connectivity index (χ4v) is 2.41. The highest BCUT2D eigenvalue weighted by Gasteiger charge is 2.10. The van der Waals surface area contributed by atoms with Crippen LogP contribution in [0.5, 0.6) is 0 Å². The molecule has 0 saturated carbocycles. The van der Waals surface area contributed by atoms with Crippen molar-refractivity contribution >= 4 is 37.8 Å². The lowest BCUT2D eigenvalue weighted by molar-refractivity contribution is 0.0697. The molecular weight excluding hydrogens is 350 g/mol. The van der Waals surface area contributed by atoms with Crippen LogP contribution in [0, 0.1) is 0 Å². The molecule has 0 aliphatic carbocycles. The van der Waals surface area contributed by atoms with E-state index in [1.807, 2.05) is 28.8 Å². The Hall–Kier alpha value is -1.07. The van der Waals surface area contributed by atoms with E-state index in [0.717, 1.165) is 14.6 Å². The average molecular weight is 359 g/mol. The molecule has 0 radical (unpaired) electrons. The Labute approximate surface area is 115 Å². The van der Waals surface area contributed by atoms with Gasteiger partial charge in [0.1, 0.15) is 0 Å². The predicted octanol–water partition coefficient (Wildman–Crippen LogP) is 3.76. The van der Waals surface area contributed by atoms with Crippen molar-refractivity contribution in [2.75, 3.05) is 0 Å². The number of hydrogen-bond acceptors (Lipinski definition) is 1. The lowest BCUT2D eigenvalue weighted by Crippen LogP contribution is -1.99. The van der Waals surface area contributed by atoms with Crippen LogP contribution in [-0.4, -0.2) is 15.6 Å². The van der Waals surface area contributed by atoms with Gasteiger partial charge in [0.05, 0.1) is 10.2 Å². The van der Waals surface area contributed by atoms with E-state index >= 15 is 0 Å². The van der Waals surface area contributed by atoms with Gasteiger partial charge in [0.25, 0.3) is 0 Å². The molecule has 17 heavy (non-hydrogen) atoms. The third kappa shape index (κ3) is 2.79. The van der Waals surface area contributed by atoms with Gasteiger partial charge in [0, 0.05) is 17.2 Å². The van der Waals surface area contributed by atoms with Crippen LogP contribution in [0.15, 0.2) is 45.6 Å². The van der Waals surface area contributed by atoms with Gasteiger partial charge < -0.3 is 9.67 Å². The highest BCUT2D eigenvalue weighted by atomic mass is 79.9. The second-order valence-electron chi connectivity index (χ2n) is 3.58. The van der Waals surface area contributed by atoms with Gasteiger partial charge in [0.15, 0.2) is 0 Å². The Bertz CT molecular complexity index is 563.